The molecule has 0 saturated carbocycles. The van der Waals surface area contributed by atoms with Crippen molar-refractivity contribution in [3.63, 3.8) is 0 Å². The molecule has 22 heavy (non-hydrogen) atoms. The van der Waals surface area contributed by atoms with Gasteiger partial charge in [0.2, 0.25) is 0 Å². The summed E-state index contributed by atoms with van der Waals surface area (Å²) in [5.41, 5.74) is 0. The first-order valence-electron chi connectivity index (χ1n) is 7.15. The molecule has 1 aromatic rings. The highest BCUT2D eigenvalue weighted by Crippen LogP contribution is 2.24. The smallest absolute Gasteiger partial charge is 0.160 e. The van der Waals surface area contributed by atoms with Crippen molar-refractivity contribution in [3.05, 3.63) is 59.4 Å². The lowest BCUT2D eigenvalue weighted by Crippen LogP contribution is -1.88. The monoisotopic (exact) mass is 324 g/mol. The van der Waals surface area contributed by atoms with Crippen LogP contribution in [0.3, 0.4) is 0 Å². The molecule has 0 saturated heterocycles. The molecule has 122 valence electrons. The van der Waals surface area contributed by atoms with Gasteiger partial charge >= 0.3 is 0 Å². The molecule has 0 atom stereocenters. The molecule has 0 aliphatic heterocycles. The number of allylic oxidation sites excluding steroid dienone is 5. The predicted octanol–water partition coefficient (Wildman–Crippen LogP) is 5.33. The van der Waals surface area contributed by atoms with Crippen LogP contribution in [-0.2, 0) is 4.74 Å². The molecule has 4 heteroatoms. The summed E-state index contributed by atoms with van der Waals surface area (Å²) in [7, 11) is 4.86. The van der Waals surface area contributed by atoms with Gasteiger partial charge < -0.3 is 14.2 Å². The van der Waals surface area contributed by atoms with Crippen LogP contribution in [0.25, 0.3) is 0 Å². The van der Waals surface area contributed by atoms with Gasteiger partial charge in [0.05, 0.1) is 26.4 Å². The SMILES string of the molecule is CC.COC1=C(Cl)CC=CC=C1.COc1ccccc1OC. The van der Waals surface area contributed by atoms with E-state index in [1.54, 1.807) is 21.3 Å². The van der Waals surface area contributed by atoms with Gasteiger partial charge in [0, 0.05) is 6.42 Å². The number of rotatable bonds is 3. The fourth-order valence-electron chi connectivity index (χ4n) is 1.55. The van der Waals surface area contributed by atoms with Crippen molar-refractivity contribution in [2.45, 2.75) is 20.3 Å². The number of benzene rings is 1. The Bertz CT molecular complexity index is 482. The molecule has 1 aliphatic rings. The minimum atomic E-state index is 0.756. The predicted molar refractivity (Wildman–Crippen MR) is 93.7 cm³/mol. The van der Waals surface area contributed by atoms with Crippen LogP contribution >= 0.6 is 11.6 Å². The quantitative estimate of drug-likeness (QED) is 0.752. The van der Waals surface area contributed by atoms with Crippen LogP contribution < -0.4 is 9.47 Å². The molecule has 0 radical (unpaired) electrons. The average Bonchev–Trinajstić information content (AvgIpc) is 2.81. The molecular formula is C18H25ClO3. The third kappa shape index (κ3) is 7.23. The van der Waals surface area contributed by atoms with E-state index in [1.165, 1.54) is 0 Å². The van der Waals surface area contributed by atoms with Crippen molar-refractivity contribution in [1.29, 1.82) is 0 Å². The Labute approximate surface area is 138 Å². The number of halogens is 1. The summed E-state index contributed by atoms with van der Waals surface area (Å²) in [6.07, 6.45) is 8.47. The lowest BCUT2D eigenvalue weighted by atomic mass is 10.3. The van der Waals surface area contributed by atoms with Gasteiger partial charge in [0.1, 0.15) is 5.76 Å². The highest BCUT2D eigenvalue weighted by molar-refractivity contribution is 6.30. The van der Waals surface area contributed by atoms with Crippen molar-refractivity contribution in [2.75, 3.05) is 21.3 Å². The summed E-state index contributed by atoms with van der Waals surface area (Å²) in [5.74, 6) is 2.29. The molecule has 0 heterocycles. The van der Waals surface area contributed by atoms with Crippen molar-refractivity contribution in [3.8, 4) is 11.5 Å². The first-order valence-corrected chi connectivity index (χ1v) is 7.53. The molecular weight excluding hydrogens is 300 g/mol. The maximum Gasteiger partial charge on any atom is 0.160 e. The van der Waals surface area contributed by atoms with Gasteiger partial charge in [-0.3, -0.25) is 0 Å². The standard InChI is InChI=1S/C8H9ClO.C8H10O2.C2H6/c1-10-8-6-4-2-3-5-7(8)9;1-9-7-5-3-4-6-8(7)10-2;1-2/h2-4,6H,5H2,1H3;3-6H,1-2H3;1-2H3. The molecule has 2 rings (SSSR count). The zero-order chi connectivity index (χ0) is 16.8. The second kappa shape index (κ2) is 12.8. The third-order valence-electron chi connectivity index (χ3n) is 2.57. The molecule has 1 aromatic carbocycles. The molecule has 0 fully saturated rings. The Balaban J connectivity index is 0.000000360. The van der Waals surface area contributed by atoms with Crippen LogP contribution in [-0.4, -0.2) is 21.3 Å². The van der Waals surface area contributed by atoms with E-state index in [0.29, 0.717) is 0 Å². The summed E-state index contributed by atoms with van der Waals surface area (Å²) in [5, 5.41) is 0.757. The summed E-state index contributed by atoms with van der Waals surface area (Å²) in [6.45, 7) is 4.00. The largest absolute Gasteiger partial charge is 0.496 e. The van der Waals surface area contributed by atoms with E-state index in [9.17, 15) is 0 Å². The van der Waals surface area contributed by atoms with E-state index in [2.05, 4.69) is 0 Å². The minimum Gasteiger partial charge on any atom is -0.496 e. The van der Waals surface area contributed by atoms with Crippen molar-refractivity contribution < 1.29 is 14.2 Å². The number of methoxy groups -OCH3 is 3. The topological polar surface area (TPSA) is 27.7 Å². The Hall–Kier alpha value is -1.87. The molecule has 1 aliphatic carbocycles. The van der Waals surface area contributed by atoms with Crippen LogP contribution in [0.15, 0.2) is 59.4 Å². The Kier molecular flexibility index (Phi) is 11.7. The summed E-state index contributed by atoms with van der Waals surface area (Å²) in [4.78, 5) is 0. The lowest BCUT2D eigenvalue weighted by molar-refractivity contribution is 0.304. The van der Waals surface area contributed by atoms with Crippen molar-refractivity contribution >= 4 is 11.6 Å². The Morgan fingerprint density at radius 3 is 1.86 bits per heavy atom. The van der Waals surface area contributed by atoms with E-state index in [0.717, 1.165) is 28.7 Å². The van der Waals surface area contributed by atoms with Crippen LogP contribution in [0.4, 0.5) is 0 Å². The maximum absolute atomic E-state index is 5.84. The molecule has 0 aromatic heterocycles. The average molecular weight is 325 g/mol. The van der Waals surface area contributed by atoms with Gasteiger partial charge in [-0.1, -0.05) is 55.8 Å². The molecule has 0 amide bonds. The fraction of sp³-hybridized carbons (Fsp3) is 0.333. The van der Waals surface area contributed by atoms with E-state index in [1.807, 2.05) is 62.4 Å². The van der Waals surface area contributed by atoms with E-state index >= 15 is 0 Å². The summed E-state index contributed by atoms with van der Waals surface area (Å²) < 4.78 is 15.0. The van der Waals surface area contributed by atoms with Crippen LogP contribution in [0.2, 0.25) is 0 Å². The molecule has 0 spiro atoms. The third-order valence-corrected chi connectivity index (χ3v) is 2.91. The Morgan fingerprint density at radius 2 is 1.41 bits per heavy atom. The van der Waals surface area contributed by atoms with Gasteiger partial charge in [-0.2, -0.15) is 0 Å². The first-order chi connectivity index (χ1) is 10.7. The van der Waals surface area contributed by atoms with Gasteiger partial charge in [-0.15, -0.1) is 0 Å². The number of hydrogen-bond donors (Lipinski definition) is 0. The summed E-state index contributed by atoms with van der Waals surface area (Å²) in [6, 6.07) is 7.53. The normalized spacial score (nSPS) is 12.3. The number of para-hydroxylation sites is 2. The fourth-order valence-corrected chi connectivity index (χ4v) is 1.78. The zero-order valence-electron chi connectivity index (χ0n) is 13.9. The van der Waals surface area contributed by atoms with Gasteiger partial charge in [0.15, 0.2) is 11.5 Å². The van der Waals surface area contributed by atoms with Crippen molar-refractivity contribution in [2.24, 2.45) is 0 Å². The van der Waals surface area contributed by atoms with Crippen LogP contribution in [0.1, 0.15) is 20.3 Å². The van der Waals surface area contributed by atoms with Gasteiger partial charge in [-0.25, -0.2) is 0 Å². The molecule has 0 bridgehead atoms. The second-order valence-corrected chi connectivity index (χ2v) is 4.28. The van der Waals surface area contributed by atoms with E-state index in [4.69, 9.17) is 25.8 Å². The zero-order valence-corrected chi connectivity index (χ0v) is 14.7. The first kappa shape index (κ1) is 20.1. The highest BCUT2D eigenvalue weighted by atomic mass is 35.5. The summed E-state index contributed by atoms with van der Waals surface area (Å²) >= 11 is 5.84. The lowest BCUT2D eigenvalue weighted by Gasteiger charge is -2.04. The van der Waals surface area contributed by atoms with E-state index in [-0.39, 0.29) is 0 Å². The highest BCUT2D eigenvalue weighted by Gasteiger charge is 2.00. The molecule has 0 unspecified atom stereocenters. The molecule has 3 nitrogen and oxygen atoms in total. The van der Waals surface area contributed by atoms with Gasteiger partial charge in [0.25, 0.3) is 0 Å². The van der Waals surface area contributed by atoms with Crippen LogP contribution in [0, 0.1) is 0 Å². The van der Waals surface area contributed by atoms with Gasteiger partial charge in [-0.05, 0) is 18.2 Å². The second-order valence-electron chi connectivity index (χ2n) is 3.82. The minimum absolute atomic E-state index is 0.756. The van der Waals surface area contributed by atoms with Crippen molar-refractivity contribution in [1.82, 2.24) is 0 Å². The maximum atomic E-state index is 5.84. The Morgan fingerprint density at radius 1 is 0.864 bits per heavy atom. The number of ether oxygens (including phenoxy) is 3. The van der Waals surface area contributed by atoms with E-state index < -0.39 is 0 Å². The molecule has 0 N–H and O–H groups in total. The number of hydrogen-bond acceptors (Lipinski definition) is 3. The van der Waals surface area contributed by atoms with Crippen LogP contribution in [0.5, 0.6) is 11.5 Å².